The number of alkyl halides is 1. The first-order chi connectivity index (χ1) is 16.2. The van der Waals surface area contributed by atoms with Crippen LogP contribution in [0, 0.1) is 34.5 Å². The number of rotatable bonds is 4. The lowest BCUT2D eigenvalue weighted by Crippen LogP contribution is -2.63. The number of fused-ring (bicyclic) bond motifs is 5. The molecule has 184 valence electrons. The molecule has 1 aromatic heterocycles. The number of halogens is 1. The smallest absolute Gasteiger partial charge is 0.246 e. The zero-order valence-corrected chi connectivity index (χ0v) is 21.9. The van der Waals surface area contributed by atoms with Crippen molar-refractivity contribution >= 4 is 39.9 Å². The van der Waals surface area contributed by atoms with Crippen molar-refractivity contribution in [3.63, 3.8) is 0 Å². The summed E-state index contributed by atoms with van der Waals surface area (Å²) in [6.45, 7) is 4.75. The van der Waals surface area contributed by atoms with Crippen molar-refractivity contribution in [1.29, 1.82) is 0 Å². The van der Waals surface area contributed by atoms with Crippen LogP contribution in [-0.4, -0.2) is 45.4 Å². The fraction of sp³-hybridized carbons (Fsp3) is 0.769. The summed E-state index contributed by atoms with van der Waals surface area (Å²) in [7, 11) is 1.91. The number of anilines is 1. The third kappa shape index (κ3) is 3.47. The van der Waals surface area contributed by atoms with Gasteiger partial charge in [0.25, 0.3) is 0 Å². The van der Waals surface area contributed by atoms with E-state index in [1.807, 2.05) is 11.9 Å². The first-order valence-electron chi connectivity index (χ1n) is 12.9. The summed E-state index contributed by atoms with van der Waals surface area (Å²) in [5, 5.41) is 13.2. The SMILES string of the molecule is CN1C(=O)C=C[C@]2(C)[C@H]3CC[C@]4(C)[C@@H](CC(=O)Nc5nnc(C6CC6)s5)CC[C@H]4[C@@H]3CC(Cl)[C@@H]12. The van der Waals surface area contributed by atoms with Crippen molar-refractivity contribution in [2.24, 2.45) is 34.5 Å². The van der Waals surface area contributed by atoms with Crippen LogP contribution in [0.1, 0.15) is 76.1 Å². The van der Waals surface area contributed by atoms with Crippen LogP contribution in [0.4, 0.5) is 5.13 Å². The molecule has 0 aromatic carbocycles. The van der Waals surface area contributed by atoms with E-state index in [0.29, 0.717) is 41.1 Å². The normalized spacial score (nSPS) is 43.3. The van der Waals surface area contributed by atoms with E-state index in [4.69, 9.17) is 11.6 Å². The van der Waals surface area contributed by atoms with Gasteiger partial charge in [0.05, 0.1) is 11.4 Å². The highest BCUT2D eigenvalue weighted by atomic mass is 35.5. The Bertz CT molecular complexity index is 1040. The molecule has 2 heterocycles. The topological polar surface area (TPSA) is 75.2 Å². The van der Waals surface area contributed by atoms with Gasteiger partial charge in [-0.05, 0) is 80.1 Å². The molecule has 0 radical (unpaired) electrons. The molecule has 4 aliphatic carbocycles. The molecule has 0 saturated heterocycles. The maximum atomic E-state index is 13.0. The van der Waals surface area contributed by atoms with E-state index in [-0.39, 0.29) is 34.1 Å². The van der Waals surface area contributed by atoms with Gasteiger partial charge < -0.3 is 10.2 Å². The average molecular weight is 503 g/mol. The third-order valence-electron chi connectivity index (χ3n) is 10.3. The minimum atomic E-state index is -0.0775. The number of amides is 2. The molecule has 8 atom stereocenters. The summed E-state index contributed by atoms with van der Waals surface area (Å²) in [6.07, 6.45) is 12.4. The van der Waals surface area contributed by atoms with E-state index in [0.717, 1.165) is 30.7 Å². The molecule has 4 fully saturated rings. The Kier molecular flexibility index (Phi) is 5.42. The standard InChI is InChI=1S/C26H35ClN4O2S/c1-25-10-8-18-16(13-19(27)22-26(18,2)11-9-21(33)31(22)3)17(25)7-6-15(25)12-20(32)28-24-30-29-23(34-24)14-4-5-14/h9,11,14-19,22H,4-8,10,12-13H2,1-3H3,(H,28,30,32)/t15-,16+,17+,18+,19?,22-,25-,26-/m1/s1. The first kappa shape index (κ1) is 23.0. The molecule has 1 aliphatic heterocycles. The van der Waals surface area contributed by atoms with Gasteiger partial charge in [0.2, 0.25) is 16.9 Å². The number of hydrogen-bond donors (Lipinski definition) is 1. The molecule has 4 saturated carbocycles. The lowest BCUT2D eigenvalue weighted by molar-refractivity contribution is -0.138. The van der Waals surface area contributed by atoms with E-state index in [1.54, 1.807) is 6.08 Å². The Hall–Kier alpha value is -1.47. The van der Waals surface area contributed by atoms with Gasteiger partial charge in [-0.2, -0.15) is 0 Å². The Morgan fingerprint density at radius 2 is 2.00 bits per heavy atom. The number of carbonyl (C=O) groups excluding carboxylic acids is 2. The second kappa shape index (κ2) is 8.02. The van der Waals surface area contributed by atoms with Gasteiger partial charge in [0.15, 0.2) is 0 Å². The summed E-state index contributed by atoms with van der Waals surface area (Å²) >= 11 is 8.57. The van der Waals surface area contributed by atoms with Gasteiger partial charge in [-0.25, -0.2) is 0 Å². The van der Waals surface area contributed by atoms with E-state index in [9.17, 15) is 9.59 Å². The van der Waals surface area contributed by atoms with Crippen LogP contribution in [0.25, 0.3) is 0 Å². The highest BCUT2D eigenvalue weighted by molar-refractivity contribution is 7.15. The van der Waals surface area contributed by atoms with Gasteiger partial charge >= 0.3 is 0 Å². The number of aromatic nitrogens is 2. The van der Waals surface area contributed by atoms with Crippen molar-refractivity contribution in [3.8, 4) is 0 Å². The van der Waals surface area contributed by atoms with Gasteiger partial charge in [0.1, 0.15) is 5.01 Å². The molecule has 34 heavy (non-hydrogen) atoms. The Morgan fingerprint density at radius 1 is 1.21 bits per heavy atom. The molecular weight excluding hydrogens is 468 g/mol. The van der Waals surface area contributed by atoms with Crippen molar-refractivity contribution in [2.45, 2.75) is 82.6 Å². The predicted octanol–water partition coefficient (Wildman–Crippen LogP) is 5.22. The number of carbonyl (C=O) groups is 2. The van der Waals surface area contributed by atoms with Crippen LogP contribution in [-0.2, 0) is 9.59 Å². The zero-order valence-electron chi connectivity index (χ0n) is 20.3. The van der Waals surface area contributed by atoms with Crippen molar-refractivity contribution in [1.82, 2.24) is 15.1 Å². The summed E-state index contributed by atoms with van der Waals surface area (Å²) in [6, 6.07) is 0.0627. The van der Waals surface area contributed by atoms with E-state index >= 15 is 0 Å². The van der Waals surface area contributed by atoms with Gasteiger partial charge in [-0.1, -0.05) is 31.3 Å². The lowest BCUT2D eigenvalue weighted by Gasteiger charge is -2.61. The van der Waals surface area contributed by atoms with Crippen molar-refractivity contribution in [3.05, 3.63) is 17.2 Å². The second-order valence-corrected chi connectivity index (χ2v) is 13.6. The van der Waals surface area contributed by atoms with Crippen molar-refractivity contribution < 1.29 is 9.59 Å². The van der Waals surface area contributed by atoms with Crippen LogP contribution >= 0.6 is 22.9 Å². The van der Waals surface area contributed by atoms with Crippen LogP contribution in [0.3, 0.4) is 0 Å². The maximum absolute atomic E-state index is 13.0. The summed E-state index contributed by atoms with van der Waals surface area (Å²) in [5.74, 6) is 2.76. The number of nitrogens with zero attached hydrogens (tertiary/aromatic N) is 3. The Balaban J connectivity index is 1.17. The fourth-order valence-corrected chi connectivity index (χ4v) is 9.97. The number of nitrogens with one attached hydrogen (secondary N) is 1. The molecule has 8 heteroatoms. The molecule has 0 bridgehead atoms. The molecule has 6 rings (SSSR count). The Labute approximate surface area is 210 Å². The number of hydrogen-bond acceptors (Lipinski definition) is 5. The van der Waals surface area contributed by atoms with Crippen LogP contribution in [0.15, 0.2) is 12.2 Å². The molecule has 0 spiro atoms. The van der Waals surface area contributed by atoms with E-state index < -0.39 is 0 Å². The molecule has 1 aromatic rings. The highest BCUT2D eigenvalue weighted by Crippen LogP contribution is 2.66. The molecule has 2 amide bonds. The first-order valence-corrected chi connectivity index (χ1v) is 14.2. The summed E-state index contributed by atoms with van der Waals surface area (Å²) < 4.78 is 0. The predicted molar refractivity (Wildman–Crippen MR) is 134 cm³/mol. The second-order valence-electron chi connectivity index (χ2n) is 12.0. The van der Waals surface area contributed by atoms with Crippen LogP contribution in [0.2, 0.25) is 0 Å². The quantitative estimate of drug-likeness (QED) is 0.573. The monoisotopic (exact) mass is 502 g/mol. The fourth-order valence-electron chi connectivity index (χ4n) is 8.39. The van der Waals surface area contributed by atoms with Crippen LogP contribution < -0.4 is 5.32 Å². The Morgan fingerprint density at radius 3 is 2.76 bits per heavy atom. The lowest BCUT2D eigenvalue weighted by atomic mass is 9.47. The van der Waals surface area contributed by atoms with E-state index in [2.05, 4.69) is 35.4 Å². The molecule has 6 nitrogen and oxygen atoms in total. The zero-order chi connectivity index (χ0) is 23.8. The highest BCUT2D eigenvalue weighted by Gasteiger charge is 2.62. The van der Waals surface area contributed by atoms with Gasteiger partial charge in [0, 0.05) is 24.8 Å². The van der Waals surface area contributed by atoms with E-state index in [1.165, 1.54) is 30.6 Å². The maximum Gasteiger partial charge on any atom is 0.246 e. The third-order valence-corrected chi connectivity index (χ3v) is 11.7. The van der Waals surface area contributed by atoms with Crippen LogP contribution in [0.5, 0.6) is 0 Å². The number of likely N-dealkylation sites (N-methyl/N-ethyl adjacent to an activating group) is 1. The van der Waals surface area contributed by atoms with Gasteiger partial charge in [-0.15, -0.1) is 21.8 Å². The summed E-state index contributed by atoms with van der Waals surface area (Å²) in [4.78, 5) is 27.2. The summed E-state index contributed by atoms with van der Waals surface area (Å²) in [5.41, 5.74) is 0.0879. The van der Waals surface area contributed by atoms with Crippen molar-refractivity contribution in [2.75, 3.05) is 12.4 Å². The molecule has 1 N–H and O–H groups in total. The van der Waals surface area contributed by atoms with Gasteiger partial charge in [-0.3, -0.25) is 9.59 Å². The molecule has 5 aliphatic rings. The largest absolute Gasteiger partial charge is 0.337 e. The average Bonchev–Trinajstić information content (AvgIpc) is 3.45. The molecular formula is C26H35ClN4O2S. The molecule has 1 unspecified atom stereocenters. The minimum Gasteiger partial charge on any atom is -0.337 e. The minimum absolute atomic E-state index is 0.0343.